The summed E-state index contributed by atoms with van der Waals surface area (Å²) in [6.07, 6.45) is 7.03. The maximum Gasteiger partial charge on any atom is 0.236 e. The van der Waals surface area contributed by atoms with E-state index in [2.05, 4.69) is 10.6 Å². The SMILES string of the molecule is N[C@@H](CC1CCCCC1)C(=O)NCCNc1ccc(F)cc1. The van der Waals surface area contributed by atoms with Crippen LogP contribution in [0.4, 0.5) is 10.1 Å². The van der Waals surface area contributed by atoms with Crippen molar-refractivity contribution in [3.8, 4) is 0 Å². The lowest BCUT2D eigenvalue weighted by molar-refractivity contribution is -0.122. The number of halogens is 1. The number of nitrogens with two attached hydrogens (primary N) is 1. The Balaban J connectivity index is 1.61. The minimum atomic E-state index is -0.408. The minimum absolute atomic E-state index is 0.0773. The average Bonchev–Trinajstić information content (AvgIpc) is 2.54. The average molecular weight is 307 g/mol. The maximum absolute atomic E-state index is 12.8. The molecule has 0 spiro atoms. The number of rotatable bonds is 7. The van der Waals surface area contributed by atoms with Crippen LogP contribution in [0.25, 0.3) is 0 Å². The van der Waals surface area contributed by atoms with E-state index >= 15 is 0 Å². The molecule has 0 heterocycles. The number of amides is 1. The largest absolute Gasteiger partial charge is 0.383 e. The first-order valence-electron chi connectivity index (χ1n) is 8.18. The van der Waals surface area contributed by atoms with Gasteiger partial charge < -0.3 is 16.4 Å². The molecule has 0 unspecified atom stereocenters. The van der Waals surface area contributed by atoms with Gasteiger partial charge in [-0.25, -0.2) is 4.39 Å². The molecule has 2 rings (SSSR count). The zero-order valence-corrected chi connectivity index (χ0v) is 13.0. The number of benzene rings is 1. The van der Waals surface area contributed by atoms with Crippen molar-refractivity contribution in [1.82, 2.24) is 5.32 Å². The summed E-state index contributed by atoms with van der Waals surface area (Å²) in [5.41, 5.74) is 6.82. The molecule has 0 radical (unpaired) electrons. The molecule has 1 aromatic carbocycles. The third-order valence-corrected chi connectivity index (χ3v) is 4.25. The van der Waals surface area contributed by atoms with Crippen LogP contribution in [-0.2, 0) is 4.79 Å². The van der Waals surface area contributed by atoms with E-state index in [0.29, 0.717) is 19.0 Å². The summed E-state index contributed by atoms with van der Waals surface area (Å²) in [5, 5.41) is 5.98. The standard InChI is InChI=1S/C17H26FN3O/c18-14-6-8-15(9-7-14)20-10-11-21-17(22)16(19)12-13-4-2-1-3-5-13/h6-9,13,16,20H,1-5,10-12,19H2,(H,21,22)/t16-/m0/s1. The molecular formula is C17H26FN3O. The van der Waals surface area contributed by atoms with Crippen molar-refractivity contribution >= 4 is 11.6 Å². The van der Waals surface area contributed by atoms with Gasteiger partial charge in [-0.1, -0.05) is 32.1 Å². The van der Waals surface area contributed by atoms with E-state index in [1.807, 2.05) is 0 Å². The molecule has 4 N–H and O–H groups in total. The lowest BCUT2D eigenvalue weighted by Gasteiger charge is -2.24. The molecule has 0 saturated heterocycles. The van der Waals surface area contributed by atoms with Gasteiger partial charge in [-0.15, -0.1) is 0 Å². The second-order valence-electron chi connectivity index (χ2n) is 6.07. The molecule has 4 nitrogen and oxygen atoms in total. The lowest BCUT2D eigenvalue weighted by atomic mass is 9.85. The van der Waals surface area contributed by atoms with Crippen molar-refractivity contribution < 1.29 is 9.18 Å². The van der Waals surface area contributed by atoms with Gasteiger partial charge in [0, 0.05) is 18.8 Å². The van der Waals surface area contributed by atoms with Crippen LogP contribution in [0.1, 0.15) is 38.5 Å². The number of anilines is 1. The number of nitrogens with one attached hydrogen (secondary N) is 2. The summed E-state index contributed by atoms with van der Waals surface area (Å²) in [6.45, 7) is 1.10. The van der Waals surface area contributed by atoms with Gasteiger partial charge >= 0.3 is 0 Å². The summed E-state index contributed by atoms with van der Waals surface area (Å²) < 4.78 is 12.8. The van der Waals surface area contributed by atoms with Crippen LogP contribution in [0.2, 0.25) is 0 Å². The van der Waals surface area contributed by atoms with Gasteiger partial charge in [0.15, 0.2) is 0 Å². The van der Waals surface area contributed by atoms with E-state index in [-0.39, 0.29) is 11.7 Å². The molecule has 1 aliphatic rings. The van der Waals surface area contributed by atoms with Gasteiger partial charge in [0.25, 0.3) is 0 Å². The van der Waals surface area contributed by atoms with Crippen molar-refractivity contribution in [2.75, 3.05) is 18.4 Å². The Hall–Kier alpha value is -1.62. The molecule has 0 aliphatic heterocycles. The molecule has 1 amide bonds. The van der Waals surface area contributed by atoms with Crippen molar-refractivity contribution in [3.05, 3.63) is 30.1 Å². The number of carbonyl (C=O) groups excluding carboxylic acids is 1. The Morgan fingerprint density at radius 1 is 1.18 bits per heavy atom. The Bertz CT molecular complexity index is 457. The highest BCUT2D eigenvalue weighted by Crippen LogP contribution is 2.26. The first-order chi connectivity index (χ1) is 10.6. The summed E-state index contributed by atoms with van der Waals surface area (Å²) in [7, 11) is 0. The van der Waals surface area contributed by atoms with Gasteiger partial charge in [-0.2, -0.15) is 0 Å². The number of hydrogen-bond donors (Lipinski definition) is 3. The van der Waals surface area contributed by atoms with Crippen LogP contribution in [0.5, 0.6) is 0 Å². The van der Waals surface area contributed by atoms with Crippen LogP contribution in [0.3, 0.4) is 0 Å². The Kier molecular flexibility index (Phi) is 6.65. The molecule has 0 aromatic heterocycles. The third kappa shape index (κ3) is 5.64. The second-order valence-corrected chi connectivity index (χ2v) is 6.07. The maximum atomic E-state index is 12.8. The molecule has 22 heavy (non-hydrogen) atoms. The van der Waals surface area contributed by atoms with Crippen LogP contribution in [0.15, 0.2) is 24.3 Å². The summed E-state index contributed by atoms with van der Waals surface area (Å²) in [4.78, 5) is 12.0. The Morgan fingerprint density at radius 3 is 2.55 bits per heavy atom. The summed E-state index contributed by atoms with van der Waals surface area (Å²) in [6, 6.07) is 5.74. The summed E-state index contributed by atoms with van der Waals surface area (Å²) in [5.74, 6) is 0.269. The van der Waals surface area contributed by atoms with Crippen LogP contribution < -0.4 is 16.4 Å². The molecule has 5 heteroatoms. The van der Waals surface area contributed by atoms with E-state index in [4.69, 9.17) is 5.73 Å². The predicted molar refractivity (Wildman–Crippen MR) is 87.1 cm³/mol. The van der Waals surface area contributed by atoms with Gasteiger partial charge in [0.05, 0.1) is 6.04 Å². The quantitative estimate of drug-likeness (QED) is 0.678. The van der Waals surface area contributed by atoms with Crippen molar-refractivity contribution in [1.29, 1.82) is 0 Å². The van der Waals surface area contributed by atoms with E-state index in [9.17, 15) is 9.18 Å². The van der Waals surface area contributed by atoms with Crippen LogP contribution in [-0.4, -0.2) is 25.0 Å². The third-order valence-electron chi connectivity index (χ3n) is 4.25. The van der Waals surface area contributed by atoms with Crippen molar-refractivity contribution in [2.45, 2.75) is 44.6 Å². The topological polar surface area (TPSA) is 67.2 Å². The molecule has 1 aliphatic carbocycles. The zero-order chi connectivity index (χ0) is 15.8. The van der Waals surface area contributed by atoms with Gasteiger partial charge in [-0.05, 0) is 36.6 Å². The zero-order valence-electron chi connectivity index (χ0n) is 13.0. The minimum Gasteiger partial charge on any atom is -0.383 e. The fourth-order valence-electron chi connectivity index (χ4n) is 2.98. The fourth-order valence-corrected chi connectivity index (χ4v) is 2.98. The number of carbonyl (C=O) groups is 1. The molecule has 1 aromatic rings. The Labute approximate surface area is 131 Å². The van der Waals surface area contributed by atoms with Gasteiger partial charge in [0.2, 0.25) is 5.91 Å². The molecule has 0 bridgehead atoms. The molecule has 1 fully saturated rings. The van der Waals surface area contributed by atoms with Crippen LogP contribution in [0, 0.1) is 11.7 Å². The van der Waals surface area contributed by atoms with E-state index < -0.39 is 6.04 Å². The fraction of sp³-hybridized carbons (Fsp3) is 0.588. The first kappa shape index (κ1) is 16.7. The Morgan fingerprint density at radius 2 is 1.86 bits per heavy atom. The number of hydrogen-bond acceptors (Lipinski definition) is 3. The van der Waals surface area contributed by atoms with Gasteiger partial charge in [-0.3, -0.25) is 4.79 Å². The van der Waals surface area contributed by atoms with E-state index in [0.717, 1.165) is 12.1 Å². The normalized spacial score (nSPS) is 17.0. The molecule has 122 valence electrons. The summed E-state index contributed by atoms with van der Waals surface area (Å²) >= 11 is 0. The highest BCUT2D eigenvalue weighted by Gasteiger charge is 2.20. The van der Waals surface area contributed by atoms with Crippen LogP contribution >= 0.6 is 0 Å². The van der Waals surface area contributed by atoms with Crippen molar-refractivity contribution in [3.63, 3.8) is 0 Å². The van der Waals surface area contributed by atoms with Crippen molar-refractivity contribution in [2.24, 2.45) is 11.7 Å². The van der Waals surface area contributed by atoms with E-state index in [1.165, 1.54) is 44.2 Å². The highest BCUT2D eigenvalue weighted by molar-refractivity contribution is 5.81. The first-order valence-corrected chi connectivity index (χ1v) is 8.18. The molecular weight excluding hydrogens is 281 g/mol. The predicted octanol–water partition coefficient (Wildman–Crippen LogP) is 2.65. The lowest BCUT2D eigenvalue weighted by Crippen LogP contribution is -2.43. The van der Waals surface area contributed by atoms with E-state index in [1.54, 1.807) is 12.1 Å². The molecule has 1 saturated carbocycles. The van der Waals surface area contributed by atoms with Gasteiger partial charge in [0.1, 0.15) is 5.82 Å². The monoisotopic (exact) mass is 307 g/mol. The second kappa shape index (κ2) is 8.73. The smallest absolute Gasteiger partial charge is 0.236 e. The highest BCUT2D eigenvalue weighted by atomic mass is 19.1. The molecule has 1 atom stereocenters.